The van der Waals surface area contributed by atoms with E-state index >= 15 is 0 Å². The molecule has 3 nitrogen and oxygen atoms in total. The molecule has 3 heteroatoms. The molecule has 0 bridgehead atoms. The van der Waals surface area contributed by atoms with E-state index in [0.717, 1.165) is 30.9 Å². The molecule has 0 amide bonds. The van der Waals surface area contributed by atoms with Crippen LogP contribution in [0, 0.1) is 5.92 Å². The highest BCUT2D eigenvalue weighted by Gasteiger charge is 2.21. The maximum atomic E-state index is 6.11. The van der Waals surface area contributed by atoms with Crippen molar-refractivity contribution in [3.63, 3.8) is 0 Å². The van der Waals surface area contributed by atoms with Gasteiger partial charge in [0.25, 0.3) is 0 Å². The molecule has 1 aliphatic heterocycles. The van der Waals surface area contributed by atoms with Crippen LogP contribution < -0.4 is 9.47 Å². The minimum atomic E-state index is -0.0105. The van der Waals surface area contributed by atoms with E-state index in [2.05, 4.69) is 46.8 Å². The van der Waals surface area contributed by atoms with Crippen molar-refractivity contribution in [2.45, 2.75) is 77.9 Å². The second kappa shape index (κ2) is 8.24. The molecule has 1 heterocycles. The van der Waals surface area contributed by atoms with Crippen LogP contribution in [0.2, 0.25) is 0 Å². The smallest absolute Gasteiger partial charge is 0.126 e. The molecule has 0 aliphatic carbocycles. The molecule has 3 unspecified atom stereocenters. The Hall–Kier alpha value is -1.22. The standard InChI is InChI=1S/C21H34O3/c1-15(8-7-11-21(4,5)22-6)12-17(3)24-18-9-10-19-16(2)14-23-20(19)13-18/h9-10,13,15-17H,7-8,11-12,14H2,1-6H3. The van der Waals surface area contributed by atoms with Gasteiger partial charge in [-0.25, -0.2) is 0 Å². The van der Waals surface area contributed by atoms with Crippen LogP contribution in [0.1, 0.15) is 71.8 Å². The monoisotopic (exact) mass is 334 g/mol. The Morgan fingerprint density at radius 1 is 1.29 bits per heavy atom. The topological polar surface area (TPSA) is 27.7 Å². The summed E-state index contributed by atoms with van der Waals surface area (Å²) in [6, 6.07) is 6.26. The second-order valence-electron chi connectivity index (χ2n) is 8.04. The number of methoxy groups -OCH3 is 1. The zero-order valence-corrected chi connectivity index (χ0v) is 16.2. The summed E-state index contributed by atoms with van der Waals surface area (Å²) in [5.41, 5.74) is 1.28. The second-order valence-corrected chi connectivity index (χ2v) is 8.04. The van der Waals surface area contributed by atoms with Crippen LogP contribution in [-0.4, -0.2) is 25.4 Å². The summed E-state index contributed by atoms with van der Waals surface area (Å²) in [6.07, 6.45) is 4.79. The summed E-state index contributed by atoms with van der Waals surface area (Å²) in [5, 5.41) is 0. The third kappa shape index (κ3) is 5.41. The number of benzene rings is 1. The Bertz CT molecular complexity index is 524. The molecule has 24 heavy (non-hydrogen) atoms. The number of hydrogen-bond acceptors (Lipinski definition) is 3. The van der Waals surface area contributed by atoms with Gasteiger partial charge in [0, 0.05) is 24.7 Å². The summed E-state index contributed by atoms with van der Waals surface area (Å²) in [4.78, 5) is 0. The van der Waals surface area contributed by atoms with Gasteiger partial charge in [0.1, 0.15) is 11.5 Å². The van der Waals surface area contributed by atoms with Gasteiger partial charge in [-0.3, -0.25) is 0 Å². The lowest BCUT2D eigenvalue weighted by Crippen LogP contribution is -2.22. The SMILES string of the molecule is COC(C)(C)CCCC(C)CC(C)Oc1ccc2c(c1)OCC2C. The van der Waals surface area contributed by atoms with E-state index in [0.29, 0.717) is 11.8 Å². The van der Waals surface area contributed by atoms with Crippen LogP contribution in [-0.2, 0) is 4.74 Å². The zero-order chi connectivity index (χ0) is 17.7. The molecule has 1 aromatic rings. The van der Waals surface area contributed by atoms with Crippen LogP contribution in [0.4, 0.5) is 0 Å². The van der Waals surface area contributed by atoms with Crippen LogP contribution in [0.25, 0.3) is 0 Å². The highest BCUT2D eigenvalue weighted by molar-refractivity contribution is 5.45. The Kier molecular flexibility index (Phi) is 6.56. The lowest BCUT2D eigenvalue weighted by Gasteiger charge is -2.24. The van der Waals surface area contributed by atoms with Crippen molar-refractivity contribution >= 4 is 0 Å². The molecular weight excluding hydrogens is 300 g/mol. The first kappa shape index (κ1) is 19.1. The van der Waals surface area contributed by atoms with Crippen molar-refractivity contribution < 1.29 is 14.2 Å². The first-order valence-electron chi connectivity index (χ1n) is 9.29. The Balaban J connectivity index is 1.76. The van der Waals surface area contributed by atoms with Crippen molar-refractivity contribution in [3.05, 3.63) is 23.8 Å². The lowest BCUT2D eigenvalue weighted by atomic mass is 9.93. The van der Waals surface area contributed by atoms with Gasteiger partial charge in [0.15, 0.2) is 0 Å². The minimum Gasteiger partial charge on any atom is -0.493 e. The van der Waals surface area contributed by atoms with E-state index in [9.17, 15) is 0 Å². The molecule has 0 aromatic heterocycles. The third-order valence-electron chi connectivity index (χ3n) is 5.10. The van der Waals surface area contributed by atoms with Gasteiger partial charge in [0.05, 0.1) is 18.3 Å². The first-order chi connectivity index (χ1) is 11.3. The molecular formula is C21H34O3. The summed E-state index contributed by atoms with van der Waals surface area (Å²) < 4.78 is 17.3. The number of ether oxygens (including phenoxy) is 3. The predicted molar refractivity (Wildman–Crippen MR) is 99.2 cm³/mol. The van der Waals surface area contributed by atoms with Crippen molar-refractivity contribution in [2.75, 3.05) is 13.7 Å². The summed E-state index contributed by atoms with van der Waals surface area (Å²) in [7, 11) is 1.79. The van der Waals surface area contributed by atoms with Gasteiger partial charge < -0.3 is 14.2 Å². The zero-order valence-electron chi connectivity index (χ0n) is 16.2. The third-order valence-corrected chi connectivity index (χ3v) is 5.10. The van der Waals surface area contributed by atoms with Gasteiger partial charge >= 0.3 is 0 Å². The molecule has 0 spiro atoms. The average molecular weight is 335 g/mol. The molecule has 0 N–H and O–H groups in total. The maximum Gasteiger partial charge on any atom is 0.126 e. The van der Waals surface area contributed by atoms with Gasteiger partial charge in [-0.15, -0.1) is 0 Å². The molecule has 0 fully saturated rings. The Morgan fingerprint density at radius 2 is 2.04 bits per heavy atom. The molecule has 2 rings (SSSR count). The molecule has 0 saturated heterocycles. The molecule has 136 valence electrons. The van der Waals surface area contributed by atoms with Crippen LogP contribution in [0.15, 0.2) is 18.2 Å². The van der Waals surface area contributed by atoms with Crippen LogP contribution in [0.3, 0.4) is 0 Å². The van der Waals surface area contributed by atoms with Gasteiger partial charge in [-0.05, 0) is 45.6 Å². The van der Waals surface area contributed by atoms with Gasteiger partial charge in [0.2, 0.25) is 0 Å². The first-order valence-corrected chi connectivity index (χ1v) is 9.29. The Morgan fingerprint density at radius 3 is 2.75 bits per heavy atom. The van der Waals surface area contributed by atoms with Crippen molar-refractivity contribution in [1.29, 1.82) is 0 Å². The highest BCUT2D eigenvalue weighted by atomic mass is 16.5. The largest absolute Gasteiger partial charge is 0.493 e. The fourth-order valence-electron chi connectivity index (χ4n) is 3.37. The van der Waals surface area contributed by atoms with E-state index in [1.54, 1.807) is 7.11 Å². The van der Waals surface area contributed by atoms with Crippen molar-refractivity contribution in [2.24, 2.45) is 5.92 Å². The van der Waals surface area contributed by atoms with E-state index < -0.39 is 0 Å². The minimum absolute atomic E-state index is 0.0105. The van der Waals surface area contributed by atoms with Crippen LogP contribution >= 0.6 is 0 Å². The van der Waals surface area contributed by atoms with Gasteiger partial charge in [-0.1, -0.05) is 32.8 Å². The Labute approximate surface area is 147 Å². The highest BCUT2D eigenvalue weighted by Crippen LogP contribution is 2.36. The quantitative estimate of drug-likeness (QED) is 0.591. The average Bonchev–Trinajstić information content (AvgIpc) is 2.87. The van der Waals surface area contributed by atoms with E-state index in [1.165, 1.54) is 18.4 Å². The maximum absolute atomic E-state index is 6.11. The molecule has 0 saturated carbocycles. The number of rotatable bonds is 9. The predicted octanol–water partition coefficient (Wildman–Crippen LogP) is 5.57. The van der Waals surface area contributed by atoms with Crippen molar-refractivity contribution in [1.82, 2.24) is 0 Å². The summed E-state index contributed by atoms with van der Waals surface area (Å²) in [5.74, 6) is 3.05. The molecule has 0 radical (unpaired) electrons. The lowest BCUT2D eigenvalue weighted by molar-refractivity contribution is 0.0124. The number of fused-ring (bicyclic) bond motifs is 1. The summed E-state index contributed by atoms with van der Waals surface area (Å²) in [6.45, 7) is 11.8. The van der Waals surface area contributed by atoms with Gasteiger partial charge in [-0.2, -0.15) is 0 Å². The fourth-order valence-corrected chi connectivity index (χ4v) is 3.37. The van der Waals surface area contributed by atoms with E-state index in [1.807, 2.05) is 6.07 Å². The van der Waals surface area contributed by atoms with Crippen molar-refractivity contribution in [3.8, 4) is 11.5 Å². The molecule has 1 aliphatic rings. The number of hydrogen-bond donors (Lipinski definition) is 0. The molecule has 1 aromatic carbocycles. The summed E-state index contributed by atoms with van der Waals surface area (Å²) >= 11 is 0. The normalized spacial score (nSPS) is 19.5. The fraction of sp³-hybridized carbons (Fsp3) is 0.714. The van der Waals surface area contributed by atoms with E-state index in [-0.39, 0.29) is 11.7 Å². The van der Waals surface area contributed by atoms with Crippen LogP contribution in [0.5, 0.6) is 11.5 Å². The molecule has 3 atom stereocenters. The van der Waals surface area contributed by atoms with E-state index in [4.69, 9.17) is 14.2 Å².